The smallest absolute Gasteiger partial charge is 0.239 e. The Morgan fingerprint density at radius 3 is 2.95 bits per heavy atom. The summed E-state index contributed by atoms with van der Waals surface area (Å²) in [6.45, 7) is 0.896. The van der Waals surface area contributed by atoms with Crippen LogP contribution in [0.5, 0.6) is 11.5 Å². The van der Waals surface area contributed by atoms with Crippen LogP contribution in [-0.4, -0.2) is 22.5 Å². The third-order valence-corrected chi connectivity index (χ3v) is 3.71. The van der Waals surface area contributed by atoms with Crippen molar-refractivity contribution in [2.45, 2.75) is 13.1 Å². The molecule has 21 heavy (non-hydrogen) atoms. The average molecular weight is 353 g/mol. The molecule has 0 atom stereocenters. The van der Waals surface area contributed by atoms with Gasteiger partial charge in [-0.1, -0.05) is 15.9 Å². The Balaban J connectivity index is 1.67. The van der Waals surface area contributed by atoms with Gasteiger partial charge in [-0.05, 0) is 17.7 Å². The van der Waals surface area contributed by atoms with Crippen LogP contribution in [-0.2, 0) is 17.9 Å². The number of amides is 1. The summed E-state index contributed by atoms with van der Waals surface area (Å²) in [5.74, 6) is 1.04. The predicted molar refractivity (Wildman–Crippen MR) is 79.0 cm³/mol. The highest BCUT2D eigenvalue weighted by atomic mass is 79.9. The molecule has 8 heteroatoms. The van der Waals surface area contributed by atoms with Gasteiger partial charge in [0.1, 0.15) is 6.54 Å². The van der Waals surface area contributed by atoms with Crippen molar-refractivity contribution in [1.29, 1.82) is 0 Å². The number of hydrogen-bond donors (Lipinski definition) is 2. The second kappa shape index (κ2) is 5.65. The molecule has 110 valence electrons. The third-order valence-electron chi connectivity index (χ3n) is 2.98. The van der Waals surface area contributed by atoms with Crippen molar-refractivity contribution >= 4 is 27.5 Å². The van der Waals surface area contributed by atoms with E-state index in [1.165, 1.54) is 4.68 Å². The summed E-state index contributed by atoms with van der Waals surface area (Å²) in [6.07, 6.45) is 3.37. The van der Waals surface area contributed by atoms with Crippen molar-refractivity contribution in [2.24, 2.45) is 5.73 Å². The van der Waals surface area contributed by atoms with Crippen molar-refractivity contribution in [3.05, 3.63) is 34.6 Å². The molecule has 7 nitrogen and oxygen atoms in total. The first-order valence-corrected chi connectivity index (χ1v) is 7.04. The first kappa shape index (κ1) is 13.7. The van der Waals surface area contributed by atoms with Crippen LogP contribution in [0.1, 0.15) is 5.56 Å². The van der Waals surface area contributed by atoms with Gasteiger partial charge in [0.05, 0.1) is 11.9 Å². The molecule has 2 aromatic rings. The molecular weight excluding hydrogens is 340 g/mol. The number of halogens is 1. The highest BCUT2D eigenvalue weighted by molar-refractivity contribution is 9.10. The second-order valence-corrected chi connectivity index (χ2v) is 5.40. The maximum Gasteiger partial charge on any atom is 0.239 e. The fraction of sp³-hybridized carbons (Fsp3) is 0.231. The summed E-state index contributed by atoms with van der Waals surface area (Å²) in [5.41, 5.74) is 6.95. The van der Waals surface area contributed by atoms with Crippen molar-refractivity contribution < 1.29 is 14.3 Å². The number of aromatic nitrogens is 2. The maximum atomic E-state index is 10.8. The summed E-state index contributed by atoms with van der Waals surface area (Å²) < 4.78 is 13.1. The maximum absolute atomic E-state index is 10.8. The van der Waals surface area contributed by atoms with Gasteiger partial charge >= 0.3 is 0 Å². The van der Waals surface area contributed by atoms with E-state index >= 15 is 0 Å². The van der Waals surface area contributed by atoms with Crippen LogP contribution in [0.15, 0.2) is 29.0 Å². The second-order valence-electron chi connectivity index (χ2n) is 4.54. The Kier molecular flexibility index (Phi) is 3.70. The molecule has 1 amide bonds. The lowest BCUT2D eigenvalue weighted by Gasteiger charge is -2.07. The Hall–Kier alpha value is -2.22. The molecule has 0 unspecified atom stereocenters. The van der Waals surface area contributed by atoms with E-state index in [-0.39, 0.29) is 13.3 Å². The largest absolute Gasteiger partial charge is 0.454 e. The van der Waals surface area contributed by atoms with E-state index in [1.54, 1.807) is 12.4 Å². The quantitative estimate of drug-likeness (QED) is 0.850. The molecule has 3 N–H and O–H groups in total. The number of nitrogens with two attached hydrogens (primary N) is 1. The van der Waals surface area contributed by atoms with Crippen LogP contribution in [0.25, 0.3) is 0 Å². The molecule has 0 saturated carbocycles. The number of ether oxygens (including phenoxy) is 2. The Morgan fingerprint density at radius 1 is 1.43 bits per heavy atom. The van der Waals surface area contributed by atoms with Gasteiger partial charge in [-0.15, -0.1) is 0 Å². The van der Waals surface area contributed by atoms with E-state index in [0.29, 0.717) is 6.54 Å². The minimum absolute atomic E-state index is 0.0649. The molecule has 0 fully saturated rings. The topological polar surface area (TPSA) is 91.4 Å². The summed E-state index contributed by atoms with van der Waals surface area (Å²) in [4.78, 5) is 10.8. The summed E-state index contributed by atoms with van der Waals surface area (Å²) in [5, 5.41) is 7.27. The average Bonchev–Trinajstić information content (AvgIpc) is 3.04. The van der Waals surface area contributed by atoms with E-state index in [0.717, 1.165) is 27.2 Å². The van der Waals surface area contributed by atoms with Gasteiger partial charge in [-0.2, -0.15) is 5.10 Å². The van der Waals surface area contributed by atoms with Gasteiger partial charge in [-0.3, -0.25) is 9.48 Å². The Bertz CT molecular complexity index is 686. The predicted octanol–water partition coefficient (Wildman–Crippen LogP) is 1.47. The molecule has 0 spiro atoms. The van der Waals surface area contributed by atoms with Crippen LogP contribution < -0.4 is 20.5 Å². The van der Waals surface area contributed by atoms with Crippen LogP contribution >= 0.6 is 15.9 Å². The number of benzene rings is 1. The van der Waals surface area contributed by atoms with Crippen molar-refractivity contribution in [2.75, 3.05) is 12.1 Å². The number of carbonyl (C=O) groups is 1. The number of nitrogens with one attached hydrogen (secondary N) is 1. The molecule has 2 heterocycles. The number of primary amides is 1. The molecule has 1 aliphatic heterocycles. The van der Waals surface area contributed by atoms with Gasteiger partial charge in [0.25, 0.3) is 0 Å². The summed E-state index contributed by atoms with van der Waals surface area (Å²) in [7, 11) is 0. The highest BCUT2D eigenvalue weighted by Crippen LogP contribution is 2.37. The monoisotopic (exact) mass is 352 g/mol. The van der Waals surface area contributed by atoms with Gasteiger partial charge in [-0.25, -0.2) is 0 Å². The van der Waals surface area contributed by atoms with Gasteiger partial charge < -0.3 is 20.5 Å². The van der Waals surface area contributed by atoms with Crippen LogP contribution in [0.3, 0.4) is 0 Å². The van der Waals surface area contributed by atoms with E-state index in [9.17, 15) is 4.79 Å². The summed E-state index contributed by atoms with van der Waals surface area (Å²) in [6, 6.07) is 3.81. The molecule has 0 aliphatic carbocycles. The lowest BCUT2D eigenvalue weighted by Crippen LogP contribution is -2.18. The Labute approximate surface area is 129 Å². The number of anilines is 1. The SMILES string of the molecule is NC(=O)Cn1cc(NCc2cc3c(cc2Br)OCO3)cn1. The molecular formula is C13H13BrN4O3. The number of carbonyl (C=O) groups excluding carboxylic acids is 1. The van der Waals surface area contributed by atoms with Gasteiger partial charge in [0.2, 0.25) is 12.7 Å². The Morgan fingerprint density at radius 2 is 2.19 bits per heavy atom. The number of nitrogens with zero attached hydrogens (tertiary/aromatic N) is 2. The van der Waals surface area contributed by atoms with Crippen LogP contribution in [0, 0.1) is 0 Å². The number of hydrogen-bond acceptors (Lipinski definition) is 5. The van der Waals surface area contributed by atoms with Gasteiger partial charge in [0.15, 0.2) is 11.5 Å². The lowest BCUT2D eigenvalue weighted by molar-refractivity contribution is -0.118. The highest BCUT2D eigenvalue weighted by Gasteiger charge is 2.16. The van der Waals surface area contributed by atoms with E-state index < -0.39 is 5.91 Å². The van der Waals surface area contributed by atoms with Gasteiger partial charge in [0, 0.05) is 17.2 Å². The van der Waals surface area contributed by atoms with Crippen LogP contribution in [0.2, 0.25) is 0 Å². The molecule has 1 aromatic heterocycles. The minimum Gasteiger partial charge on any atom is -0.454 e. The first-order chi connectivity index (χ1) is 10.1. The fourth-order valence-electron chi connectivity index (χ4n) is 1.99. The van der Waals surface area contributed by atoms with Crippen molar-refractivity contribution in [3.8, 4) is 11.5 Å². The van der Waals surface area contributed by atoms with E-state index in [4.69, 9.17) is 15.2 Å². The standard InChI is InChI=1S/C13H13BrN4O3/c14-10-2-12-11(20-7-21-12)1-8(10)3-16-9-4-17-18(5-9)6-13(15)19/h1-2,4-5,16H,3,6-7H2,(H2,15,19). The summed E-state index contributed by atoms with van der Waals surface area (Å²) >= 11 is 3.50. The van der Waals surface area contributed by atoms with Crippen LogP contribution in [0.4, 0.5) is 5.69 Å². The molecule has 3 rings (SSSR count). The zero-order valence-corrected chi connectivity index (χ0v) is 12.6. The van der Waals surface area contributed by atoms with Crippen molar-refractivity contribution in [1.82, 2.24) is 9.78 Å². The molecule has 1 aromatic carbocycles. The molecule has 0 saturated heterocycles. The van der Waals surface area contributed by atoms with E-state index in [1.807, 2.05) is 12.1 Å². The lowest BCUT2D eigenvalue weighted by atomic mass is 10.2. The zero-order chi connectivity index (χ0) is 14.8. The molecule has 0 bridgehead atoms. The van der Waals surface area contributed by atoms with E-state index in [2.05, 4.69) is 26.3 Å². The normalized spacial score (nSPS) is 12.4. The minimum atomic E-state index is -0.428. The zero-order valence-electron chi connectivity index (χ0n) is 11.0. The number of rotatable bonds is 5. The first-order valence-electron chi connectivity index (χ1n) is 6.24. The molecule has 1 aliphatic rings. The third kappa shape index (κ3) is 3.10. The fourth-order valence-corrected chi connectivity index (χ4v) is 2.46. The van der Waals surface area contributed by atoms with Crippen molar-refractivity contribution in [3.63, 3.8) is 0 Å². The molecule has 0 radical (unpaired) electrons. The number of fused-ring (bicyclic) bond motifs is 1.